The first-order valence-electron chi connectivity index (χ1n) is 7.99. The number of carbonyl (C=O) groups excluding carboxylic acids is 3. The lowest BCUT2D eigenvalue weighted by molar-refractivity contribution is -0.171. The average Bonchev–Trinajstić information content (AvgIpc) is 2.99. The van der Waals surface area contributed by atoms with Crippen LogP contribution in [0.3, 0.4) is 0 Å². The first-order chi connectivity index (χ1) is 10.8. The van der Waals surface area contributed by atoms with Crippen LogP contribution in [0.4, 0.5) is 0 Å². The SMILES string of the molecule is CCC(C)(C)C(=O)OCCC(=O)OCCC(=O)OC1CCCO1. The summed E-state index contributed by atoms with van der Waals surface area (Å²) in [6, 6.07) is 0. The Morgan fingerprint density at radius 3 is 2.35 bits per heavy atom. The first-order valence-corrected chi connectivity index (χ1v) is 7.99. The predicted octanol–water partition coefficient (Wildman–Crippen LogP) is 1.97. The lowest BCUT2D eigenvalue weighted by atomic mass is 9.91. The van der Waals surface area contributed by atoms with E-state index in [4.69, 9.17) is 18.9 Å². The molecule has 0 amide bonds. The van der Waals surface area contributed by atoms with Crippen LogP contribution in [0.1, 0.15) is 52.9 Å². The van der Waals surface area contributed by atoms with Gasteiger partial charge >= 0.3 is 17.9 Å². The average molecular weight is 330 g/mol. The Hall–Kier alpha value is -1.63. The molecule has 23 heavy (non-hydrogen) atoms. The summed E-state index contributed by atoms with van der Waals surface area (Å²) in [6.07, 6.45) is 1.70. The number of hydrogen-bond donors (Lipinski definition) is 0. The molecule has 1 aliphatic rings. The van der Waals surface area contributed by atoms with Gasteiger partial charge in [0.1, 0.15) is 13.2 Å². The topological polar surface area (TPSA) is 88.1 Å². The Kier molecular flexibility index (Phi) is 8.02. The maximum atomic E-state index is 11.7. The predicted molar refractivity (Wildman–Crippen MR) is 80.3 cm³/mol. The van der Waals surface area contributed by atoms with Gasteiger partial charge in [-0.2, -0.15) is 0 Å². The third-order valence-electron chi connectivity index (χ3n) is 3.70. The van der Waals surface area contributed by atoms with Gasteiger partial charge in [-0.05, 0) is 26.7 Å². The van der Waals surface area contributed by atoms with Crippen molar-refractivity contribution in [1.29, 1.82) is 0 Å². The Labute approximate surface area is 136 Å². The van der Waals surface area contributed by atoms with Crippen LogP contribution in [0.25, 0.3) is 0 Å². The summed E-state index contributed by atoms with van der Waals surface area (Å²) in [5.41, 5.74) is -0.560. The van der Waals surface area contributed by atoms with Crippen molar-refractivity contribution < 1.29 is 33.3 Å². The van der Waals surface area contributed by atoms with Crippen molar-refractivity contribution in [3.8, 4) is 0 Å². The van der Waals surface area contributed by atoms with E-state index < -0.39 is 23.6 Å². The first kappa shape index (κ1) is 19.4. The van der Waals surface area contributed by atoms with Crippen molar-refractivity contribution in [2.24, 2.45) is 5.41 Å². The van der Waals surface area contributed by atoms with Gasteiger partial charge in [-0.3, -0.25) is 14.4 Å². The largest absolute Gasteiger partial charge is 0.465 e. The highest BCUT2D eigenvalue weighted by Gasteiger charge is 2.27. The van der Waals surface area contributed by atoms with E-state index >= 15 is 0 Å². The van der Waals surface area contributed by atoms with E-state index in [1.165, 1.54) is 0 Å². The second-order valence-corrected chi connectivity index (χ2v) is 6.03. The number of carbonyl (C=O) groups is 3. The molecule has 0 bridgehead atoms. The molecule has 132 valence electrons. The summed E-state index contributed by atoms with van der Waals surface area (Å²) in [6.45, 7) is 5.98. The monoisotopic (exact) mass is 330 g/mol. The Bertz CT molecular complexity index is 411. The van der Waals surface area contributed by atoms with Crippen molar-refractivity contribution in [2.75, 3.05) is 19.8 Å². The van der Waals surface area contributed by atoms with Gasteiger partial charge < -0.3 is 18.9 Å². The molecule has 0 aliphatic carbocycles. The smallest absolute Gasteiger partial charge is 0.311 e. The van der Waals surface area contributed by atoms with E-state index in [9.17, 15) is 14.4 Å². The molecular weight excluding hydrogens is 304 g/mol. The van der Waals surface area contributed by atoms with Gasteiger partial charge in [-0.25, -0.2) is 0 Å². The molecule has 0 spiro atoms. The fraction of sp³-hybridized carbons (Fsp3) is 0.812. The van der Waals surface area contributed by atoms with Gasteiger partial charge in [0.05, 0.1) is 24.9 Å². The van der Waals surface area contributed by atoms with Crippen LogP contribution in [0.2, 0.25) is 0 Å². The molecule has 1 aliphatic heterocycles. The van der Waals surface area contributed by atoms with Gasteiger partial charge in [0.25, 0.3) is 0 Å². The third kappa shape index (κ3) is 7.45. The van der Waals surface area contributed by atoms with Gasteiger partial charge in [0, 0.05) is 6.42 Å². The van der Waals surface area contributed by atoms with Crippen LogP contribution >= 0.6 is 0 Å². The van der Waals surface area contributed by atoms with E-state index in [0.717, 1.165) is 6.42 Å². The van der Waals surface area contributed by atoms with Crippen LogP contribution in [-0.4, -0.2) is 44.0 Å². The second-order valence-electron chi connectivity index (χ2n) is 6.03. The van der Waals surface area contributed by atoms with Gasteiger partial charge in [0.2, 0.25) is 6.29 Å². The summed E-state index contributed by atoms with van der Waals surface area (Å²) in [4.78, 5) is 34.6. The van der Waals surface area contributed by atoms with Crippen LogP contribution in [-0.2, 0) is 33.3 Å². The molecule has 1 fully saturated rings. The molecule has 7 nitrogen and oxygen atoms in total. The zero-order valence-electron chi connectivity index (χ0n) is 14.1. The lowest BCUT2D eigenvalue weighted by Crippen LogP contribution is -2.26. The summed E-state index contributed by atoms with van der Waals surface area (Å²) < 4.78 is 20.1. The highest BCUT2D eigenvalue weighted by Crippen LogP contribution is 2.21. The third-order valence-corrected chi connectivity index (χ3v) is 3.70. The van der Waals surface area contributed by atoms with Crippen molar-refractivity contribution in [3.63, 3.8) is 0 Å². The highest BCUT2D eigenvalue weighted by atomic mass is 16.7. The van der Waals surface area contributed by atoms with E-state index in [-0.39, 0.29) is 32.0 Å². The molecule has 1 atom stereocenters. The van der Waals surface area contributed by atoms with Crippen molar-refractivity contribution in [2.45, 2.75) is 59.2 Å². The number of ether oxygens (including phenoxy) is 4. The molecule has 1 unspecified atom stereocenters. The number of esters is 3. The normalized spacial score (nSPS) is 17.6. The Balaban J connectivity index is 2.08. The van der Waals surface area contributed by atoms with Gasteiger partial charge in [0.15, 0.2) is 0 Å². The minimum Gasteiger partial charge on any atom is -0.465 e. The number of hydrogen-bond acceptors (Lipinski definition) is 7. The van der Waals surface area contributed by atoms with E-state index in [1.807, 2.05) is 6.92 Å². The van der Waals surface area contributed by atoms with Crippen LogP contribution in [0.15, 0.2) is 0 Å². The molecule has 7 heteroatoms. The summed E-state index contributed by atoms with van der Waals surface area (Å²) in [5.74, 6) is -1.31. The Morgan fingerprint density at radius 1 is 1.09 bits per heavy atom. The number of rotatable bonds is 9. The molecule has 0 aromatic rings. The van der Waals surface area contributed by atoms with Gasteiger partial charge in [-0.15, -0.1) is 0 Å². The van der Waals surface area contributed by atoms with Crippen molar-refractivity contribution in [3.05, 3.63) is 0 Å². The maximum absolute atomic E-state index is 11.7. The zero-order chi connectivity index (χ0) is 17.3. The minimum atomic E-state index is -0.560. The molecule has 0 N–H and O–H groups in total. The van der Waals surface area contributed by atoms with Gasteiger partial charge in [-0.1, -0.05) is 6.92 Å². The molecule has 0 aromatic heterocycles. The molecular formula is C16H26O7. The zero-order valence-corrected chi connectivity index (χ0v) is 14.1. The van der Waals surface area contributed by atoms with Crippen LogP contribution < -0.4 is 0 Å². The minimum absolute atomic E-state index is 0.0196. The summed E-state index contributed by atoms with van der Waals surface area (Å²) in [5, 5.41) is 0. The molecule has 1 heterocycles. The molecule has 1 saturated heterocycles. The van der Waals surface area contributed by atoms with Crippen LogP contribution in [0.5, 0.6) is 0 Å². The standard InChI is InChI=1S/C16H26O7/c1-4-16(2,3)15(19)22-11-7-12(17)20-10-8-13(18)23-14-6-5-9-21-14/h14H,4-11H2,1-3H3. The molecule has 1 rings (SSSR count). The molecule has 0 saturated carbocycles. The fourth-order valence-corrected chi connectivity index (χ4v) is 1.73. The lowest BCUT2D eigenvalue weighted by Gasteiger charge is -2.20. The maximum Gasteiger partial charge on any atom is 0.311 e. The second kappa shape index (κ2) is 9.50. The molecule has 0 radical (unpaired) electrons. The van der Waals surface area contributed by atoms with Crippen molar-refractivity contribution >= 4 is 17.9 Å². The highest BCUT2D eigenvalue weighted by molar-refractivity contribution is 5.76. The quantitative estimate of drug-likeness (QED) is 0.472. The fourth-order valence-electron chi connectivity index (χ4n) is 1.73. The Morgan fingerprint density at radius 2 is 1.74 bits per heavy atom. The van der Waals surface area contributed by atoms with E-state index in [1.54, 1.807) is 13.8 Å². The van der Waals surface area contributed by atoms with Crippen molar-refractivity contribution in [1.82, 2.24) is 0 Å². The van der Waals surface area contributed by atoms with E-state index in [2.05, 4.69) is 0 Å². The molecule has 0 aromatic carbocycles. The van der Waals surface area contributed by atoms with Crippen LogP contribution in [0, 0.1) is 5.41 Å². The summed E-state index contributed by atoms with van der Waals surface area (Å²) >= 11 is 0. The summed E-state index contributed by atoms with van der Waals surface area (Å²) in [7, 11) is 0. The van der Waals surface area contributed by atoms with E-state index in [0.29, 0.717) is 19.4 Å².